The number of rotatable bonds is 1. The lowest BCUT2D eigenvalue weighted by Gasteiger charge is -2.01. The Morgan fingerprint density at radius 1 is 1.50 bits per heavy atom. The van der Waals surface area contributed by atoms with Crippen LogP contribution in [0.3, 0.4) is 0 Å². The number of imidazole rings is 1. The summed E-state index contributed by atoms with van der Waals surface area (Å²) in [7, 11) is 1.58. The fourth-order valence-electron chi connectivity index (χ4n) is 1.15. The Hall–Kier alpha value is -1.22. The van der Waals surface area contributed by atoms with E-state index in [1.807, 2.05) is 6.07 Å². The maximum atomic E-state index is 5.88. The number of hydrogen-bond acceptors (Lipinski definition) is 2. The lowest BCUT2D eigenvalue weighted by Crippen LogP contribution is -1.85. The third kappa shape index (κ3) is 0.940. The van der Waals surface area contributed by atoms with Crippen LogP contribution in [0, 0.1) is 0 Å². The molecule has 1 heterocycles. The minimum atomic E-state index is 0.581. The molecule has 1 aromatic heterocycles. The Morgan fingerprint density at radius 2 is 2.33 bits per heavy atom. The Morgan fingerprint density at radius 3 is 3.08 bits per heavy atom. The van der Waals surface area contributed by atoms with Crippen LogP contribution in [0.5, 0.6) is 5.75 Å². The first-order valence-electron chi connectivity index (χ1n) is 3.48. The molecule has 2 aromatic rings. The highest BCUT2D eigenvalue weighted by Gasteiger charge is 2.07. The summed E-state index contributed by atoms with van der Waals surface area (Å²) < 4.78 is 5.10. The molecule has 62 valence electrons. The number of nitrogens with zero attached hydrogens (tertiary/aromatic N) is 1. The summed E-state index contributed by atoms with van der Waals surface area (Å²) in [5.74, 6) is 0.621. The smallest absolute Gasteiger partial charge is 0.165 e. The van der Waals surface area contributed by atoms with Gasteiger partial charge in [-0.05, 0) is 12.1 Å². The number of ether oxygens (including phenoxy) is 1. The number of halogens is 1. The minimum Gasteiger partial charge on any atom is -0.493 e. The number of aromatic amines is 1. The summed E-state index contributed by atoms with van der Waals surface area (Å²) >= 11 is 5.88. The molecule has 2 rings (SSSR count). The molecule has 12 heavy (non-hydrogen) atoms. The molecule has 0 saturated heterocycles. The predicted molar refractivity (Wildman–Crippen MR) is 47.7 cm³/mol. The topological polar surface area (TPSA) is 37.9 Å². The van der Waals surface area contributed by atoms with E-state index in [1.54, 1.807) is 19.5 Å². The number of fused-ring (bicyclic) bond motifs is 1. The average Bonchev–Trinajstić information content (AvgIpc) is 2.52. The van der Waals surface area contributed by atoms with Gasteiger partial charge in [0.05, 0.1) is 24.0 Å². The van der Waals surface area contributed by atoms with Gasteiger partial charge in [0, 0.05) is 0 Å². The van der Waals surface area contributed by atoms with Gasteiger partial charge in [0.1, 0.15) is 5.52 Å². The van der Waals surface area contributed by atoms with Crippen LogP contribution < -0.4 is 4.74 Å². The van der Waals surface area contributed by atoms with Gasteiger partial charge < -0.3 is 9.72 Å². The molecule has 4 heteroatoms. The standard InChI is InChI=1S/C8H7ClN2O/c1-12-8-5(9)2-3-6-7(8)11-4-10-6/h2-4H,1H3,(H,10,11). The van der Waals surface area contributed by atoms with Gasteiger partial charge in [-0.25, -0.2) is 4.98 Å². The quantitative estimate of drug-likeness (QED) is 0.735. The molecule has 0 radical (unpaired) electrons. The summed E-state index contributed by atoms with van der Waals surface area (Å²) in [6, 6.07) is 3.65. The second-order valence-electron chi connectivity index (χ2n) is 2.38. The van der Waals surface area contributed by atoms with Crippen molar-refractivity contribution in [3.05, 3.63) is 23.5 Å². The average molecular weight is 183 g/mol. The number of methoxy groups -OCH3 is 1. The normalized spacial score (nSPS) is 10.5. The fourth-order valence-corrected chi connectivity index (χ4v) is 1.38. The van der Waals surface area contributed by atoms with Crippen LogP contribution in [0.15, 0.2) is 18.5 Å². The number of H-pyrrole nitrogens is 1. The summed E-state index contributed by atoms with van der Waals surface area (Å²) in [5.41, 5.74) is 1.70. The van der Waals surface area contributed by atoms with Crippen molar-refractivity contribution in [3.8, 4) is 5.75 Å². The number of aromatic nitrogens is 2. The summed E-state index contributed by atoms with van der Waals surface area (Å²) in [6.45, 7) is 0. The van der Waals surface area contributed by atoms with Crippen molar-refractivity contribution in [2.75, 3.05) is 7.11 Å². The zero-order chi connectivity index (χ0) is 8.55. The van der Waals surface area contributed by atoms with E-state index in [-0.39, 0.29) is 0 Å². The van der Waals surface area contributed by atoms with E-state index in [1.165, 1.54) is 0 Å². The zero-order valence-electron chi connectivity index (χ0n) is 6.47. The van der Waals surface area contributed by atoms with Gasteiger partial charge in [-0.3, -0.25) is 0 Å². The van der Waals surface area contributed by atoms with Crippen LogP contribution in [0.25, 0.3) is 11.0 Å². The molecule has 0 saturated carbocycles. The SMILES string of the molecule is COc1c(Cl)ccc2[nH]cnc12. The number of nitrogens with one attached hydrogen (secondary N) is 1. The van der Waals surface area contributed by atoms with Crippen LogP contribution in [-0.2, 0) is 0 Å². The van der Waals surface area contributed by atoms with E-state index in [9.17, 15) is 0 Å². The fraction of sp³-hybridized carbons (Fsp3) is 0.125. The Bertz CT molecular complexity index is 410. The summed E-state index contributed by atoms with van der Waals surface area (Å²) in [6.07, 6.45) is 1.61. The van der Waals surface area contributed by atoms with E-state index in [0.717, 1.165) is 11.0 Å². The molecule has 1 N–H and O–H groups in total. The van der Waals surface area contributed by atoms with Crippen LogP contribution in [-0.4, -0.2) is 17.1 Å². The van der Waals surface area contributed by atoms with Gasteiger partial charge in [-0.15, -0.1) is 0 Å². The molecule has 0 aliphatic carbocycles. The maximum absolute atomic E-state index is 5.88. The lowest BCUT2D eigenvalue weighted by atomic mass is 10.3. The number of benzene rings is 1. The van der Waals surface area contributed by atoms with Gasteiger partial charge in [0.15, 0.2) is 5.75 Å². The van der Waals surface area contributed by atoms with Crippen LogP contribution >= 0.6 is 11.6 Å². The highest BCUT2D eigenvalue weighted by Crippen LogP contribution is 2.30. The first-order valence-corrected chi connectivity index (χ1v) is 3.86. The van der Waals surface area contributed by atoms with Gasteiger partial charge in [-0.1, -0.05) is 11.6 Å². The highest BCUT2D eigenvalue weighted by atomic mass is 35.5. The minimum absolute atomic E-state index is 0.581. The van der Waals surface area contributed by atoms with Crippen molar-refractivity contribution < 1.29 is 4.74 Å². The zero-order valence-corrected chi connectivity index (χ0v) is 7.22. The van der Waals surface area contributed by atoms with Gasteiger partial charge in [-0.2, -0.15) is 0 Å². The van der Waals surface area contributed by atoms with E-state index in [0.29, 0.717) is 10.8 Å². The Labute approximate surface area is 74.3 Å². The Kier molecular flexibility index (Phi) is 1.66. The van der Waals surface area contributed by atoms with Crippen molar-refractivity contribution in [1.82, 2.24) is 9.97 Å². The van der Waals surface area contributed by atoms with E-state index in [4.69, 9.17) is 16.3 Å². The first kappa shape index (κ1) is 7.43. The molecule has 0 unspecified atom stereocenters. The second kappa shape index (κ2) is 2.68. The molecule has 0 atom stereocenters. The van der Waals surface area contributed by atoms with Crippen molar-refractivity contribution >= 4 is 22.6 Å². The molecule has 0 aliphatic rings. The first-order chi connectivity index (χ1) is 5.83. The third-order valence-electron chi connectivity index (χ3n) is 1.70. The molecule has 3 nitrogen and oxygen atoms in total. The van der Waals surface area contributed by atoms with E-state index >= 15 is 0 Å². The molecule has 0 amide bonds. The molecule has 0 bridgehead atoms. The van der Waals surface area contributed by atoms with Crippen molar-refractivity contribution in [2.45, 2.75) is 0 Å². The van der Waals surface area contributed by atoms with Crippen molar-refractivity contribution in [2.24, 2.45) is 0 Å². The third-order valence-corrected chi connectivity index (χ3v) is 2.00. The summed E-state index contributed by atoms with van der Waals surface area (Å²) in [5, 5.41) is 0.581. The summed E-state index contributed by atoms with van der Waals surface area (Å²) in [4.78, 5) is 7.06. The van der Waals surface area contributed by atoms with Crippen LogP contribution in [0.4, 0.5) is 0 Å². The molecular weight excluding hydrogens is 176 g/mol. The monoisotopic (exact) mass is 182 g/mol. The second-order valence-corrected chi connectivity index (χ2v) is 2.79. The van der Waals surface area contributed by atoms with Gasteiger partial charge in [0.25, 0.3) is 0 Å². The molecule has 0 spiro atoms. The molecule has 0 aliphatic heterocycles. The van der Waals surface area contributed by atoms with Crippen LogP contribution in [0.2, 0.25) is 5.02 Å². The van der Waals surface area contributed by atoms with Gasteiger partial charge in [0.2, 0.25) is 0 Å². The maximum Gasteiger partial charge on any atom is 0.165 e. The van der Waals surface area contributed by atoms with Crippen molar-refractivity contribution in [1.29, 1.82) is 0 Å². The molecular formula is C8H7ClN2O. The van der Waals surface area contributed by atoms with Crippen LogP contribution in [0.1, 0.15) is 0 Å². The predicted octanol–water partition coefficient (Wildman–Crippen LogP) is 2.22. The molecule has 1 aromatic carbocycles. The van der Waals surface area contributed by atoms with E-state index < -0.39 is 0 Å². The Balaban J connectivity index is 2.83. The lowest BCUT2D eigenvalue weighted by molar-refractivity contribution is 0.419. The van der Waals surface area contributed by atoms with E-state index in [2.05, 4.69) is 9.97 Å². The highest BCUT2D eigenvalue weighted by molar-refractivity contribution is 6.33. The molecule has 0 fully saturated rings. The van der Waals surface area contributed by atoms with Gasteiger partial charge >= 0.3 is 0 Å². The largest absolute Gasteiger partial charge is 0.493 e. The number of hydrogen-bond donors (Lipinski definition) is 1. The van der Waals surface area contributed by atoms with Crippen molar-refractivity contribution in [3.63, 3.8) is 0 Å².